The van der Waals surface area contributed by atoms with Crippen molar-refractivity contribution < 1.29 is 17.9 Å². The van der Waals surface area contributed by atoms with Crippen LogP contribution in [-0.4, -0.2) is 48.6 Å². The van der Waals surface area contributed by atoms with Gasteiger partial charge in [0.25, 0.3) is 5.91 Å². The first kappa shape index (κ1) is 24.9. The molecule has 1 aliphatic rings. The number of anilines is 1. The number of carbonyl (C=O) groups excluding carboxylic acids is 1. The lowest BCUT2D eigenvalue weighted by Crippen LogP contribution is -2.36. The zero-order chi connectivity index (χ0) is 25.2. The van der Waals surface area contributed by atoms with Crippen molar-refractivity contribution in [2.24, 2.45) is 0 Å². The molecule has 1 fully saturated rings. The molecule has 2 aromatic carbocycles. The smallest absolute Gasteiger partial charge is 0.255 e. The lowest BCUT2D eigenvalue weighted by Gasteiger charge is -2.26. The lowest BCUT2D eigenvalue weighted by molar-refractivity contribution is 0.102. The number of hydrogen-bond acceptors (Lipinski definition) is 5. The van der Waals surface area contributed by atoms with Crippen LogP contribution in [0.1, 0.15) is 52.1 Å². The molecule has 186 valence electrons. The fraction of sp³-hybridized carbons (Fsp3) is 0.385. The molecule has 9 heteroatoms. The fourth-order valence-corrected chi connectivity index (χ4v) is 6.38. The molecule has 1 aliphatic heterocycles. The summed E-state index contributed by atoms with van der Waals surface area (Å²) < 4.78 is 35.1. The van der Waals surface area contributed by atoms with E-state index < -0.39 is 10.0 Å². The van der Waals surface area contributed by atoms with E-state index in [1.165, 1.54) is 0 Å². The number of nitrogens with one attached hydrogen (secondary N) is 1. The molecule has 4 rings (SSSR count). The van der Waals surface area contributed by atoms with Crippen molar-refractivity contribution in [1.82, 2.24) is 14.1 Å². The van der Waals surface area contributed by atoms with Gasteiger partial charge in [0.2, 0.25) is 10.0 Å². The predicted octanol–water partition coefficient (Wildman–Crippen LogP) is 4.29. The average Bonchev–Trinajstić information content (AvgIpc) is 3.13. The lowest BCUT2D eigenvalue weighted by atomic mass is 10.1. The van der Waals surface area contributed by atoms with Gasteiger partial charge in [0, 0.05) is 18.7 Å². The number of methoxy groups -OCH3 is 1. The summed E-state index contributed by atoms with van der Waals surface area (Å²) in [4.78, 5) is 13.1. The molecule has 8 nitrogen and oxygen atoms in total. The van der Waals surface area contributed by atoms with E-state index in [2.05, 4.69) is 10.4 Å². The highest BCUT2D eigenvalue weighted by Crippen LogP contribution is 2.27. The molecule has 3 aromatic rings. The number of amides is 1. The number of ether oxygens (including phenoxy) is 1. The Morgan fingerprint density at radius 3 is 2.37 bits per heavy atom. The molecule has 0 saturated carbocycles. The minimum atomic E-state index is -3.56. The van der Waals surface area contributed by atoms with Gasteiger partial charge in [-0.2, -0.15) is 9.40 Å². The second-order valence-electron chi connectivity index (χ2n) is 8.98. The summed E-state index contributed by atoms with van der Waals surface area (Å²) in [5, 5.41) is 7.43. The molecule has 0 spiro atoms. The molecular weight excluding hydrogens is 464 g/mol. The standard InChI is InChI=1S/C26H32N4O4S/c1-18-8-13-24(34-4)23(16-18)27-26(31)22-11-9-21(10-12-22)17-30-20(3)25(19(2)28-30)35(32,33)29-14-6-5-7-15-29/h8-13,16H,5-7,14-15,17H2,1-4H3,(H,27,31). The number of carbonyl (C=O) groups is 1. The molecule has 0 atom stereocenters. The quantitative estimate of drug-likeness (QED) is 0.527. The summed E-state index contributed by atoms with van der Waals surface area (Å²) in [7, 11) is -2.00. The van der Waals surface area contributed by atoms with E-state index >= 15 is 0 Å². The molecule has 2 heterocycles. The Morgan fingerprint density at radius 1 is 1.03 bits per heavy atom. The Bertz CT molecular complexity index is 1320. The Hall–Kier alpha value is -3.17. The van der Waals surface area contributed by atoms with E-state index in [9.17, 15) is 13.2 Å². The van der Waals surface area contributed by atoms with Gasteiger partial charge in [-0.1, -0.05) is 24.6 Å². The number of nitrogens with zero attached hydrogens (tertiary/aromatic N) is 3. The highest BCUT2D eigenvalue weighted by atomic mass is 32.2. The van der Waals surface area contributed by atoms with Crippen LogP contribution in [0.2, 0.25) is 0 Å². The molecule has 1 amide bonds. The molecule has 1 aromatic heterocycles. The Labute approximate surface area is 207 Å². The number of piperidine rings is 1. The van der Waals surface area contributed by atoms with E-state index in [1.807, 2.05) is 37.3 Å². The van der Waals surface area contributed by atoms with Crippen molar-refractivity contribution in [3.63, 3.8) is 0 Å². The van der Waals surface area contributed by atoms with E-state index in [-0.39, 0.29) is 5.91 Å². The molecule has 35 heavy (non-hydrogen) atoms. The number of hydrogen-bond donors (Lipinski definition) is 1. The number of rotatable bonds is 7. The summed E-state index contributed by atoms with van der Waals surface area (Å²) in [5.74, 6) is 0.363. The SMILES string of the molecule is COc1ccc(C)cc1NC(=O)c1ccc(Cn2nc(C)c(S(=O)(=O)N3CCCCC3)c2C)cc1. The fourth-order valence-electron chi connectivity index (χ4n) is 4.49. The van der Waals surface area contributed by atoms with E-state index in [4.69, 9.17) is 4.74 Å². The second-order valence-corrected chi connectivity index (χ2v) is 10.9. The van der Waals surface area contributed by atoms with Crippen molar-refractivity contribution in [2.45, 2.75) is 51.5 Å². The monoisotopic (exact) mass is 496 g/mol. The molecule has 0 bridgehead atoms. The van der Waals surface area contributed by atoms with Gasteiger partial charge in [-0.25, -0.2) is 8.42 Å². The Kier molecular flexibility index (Phi) is 7.28. The second kappa shape index (κ2) is 10.2. The van der Waals surface area contributed by atoms with Gasteiger partial charge in [0.1, 0.15) is 10.6 Å². The van der Waals surface area contributed by atoms with E-state index in [0.717, 1.165) is 30.4 Å². The third-order valence-corrected chi connectivity index (χ3v) is 8.53. The highest BCUT2D eigenvalue weighted by molar-refractivity contribution is 7.89. The van der Waals surface area contributed by atoms with Crippen LogP contribution in [-0.2, 0) is 16.6 Å². The van der Waals surface area contributed by atoms with Gasteiger partial charge in [0.15, 0.2) is 0 Å². The number of aryl methyl sites for hydroxylation is 2. The first-order valence-corrected chi connectivity index (χ1v) is 13.2. The number of benzene rings is 2. The maximum absolute atomic E-state index is 13.3. The summed E-state index contributed by atoms with van der Waals surface area (Å²) in [6, 6.07) is 12.8. The summed E-state index contributed by atoms with van der Waals surface area (Å²) >= 11 is 0. The van der Waals surface area contributed by atoms with Crippen LogP contribution in [0.5, 0.6) is 5.75 Å². The van der Waals surface area contributed by atoms with Gasteiger partial charge < -0.3 is 10.1 Å². The Morgan fingerprint density at radius 2 is 1.71 bits per heavy atom. The third-order valence-electron chi connectivity index (χ3n) is 6.38. The predicted molar refractivity (Wildman–Crippen MR) is 136 cm³/mol. The zero-order valence-electron chi connectivity index (χ0n) is 20.7. The minimum absolute atomic E-state index is 0.235. The minimum Gasteiger partial charge on any atom is -0.495 e. The van der Waals surface area contributed by atoms with Gasteiger partial charge >= 0.3 is 0 Å². The van der Waals surface area contributed by atoms with Crippen molar-refractivity contribution >= 4 is 21.6 Å². The van der Waals surface area contributed by atoms with Gasteiger partial charge in [-0.05, 0) is 69.0 Å². The molecule has 0 aliphatic carbocycles. The van der Waals surface area contributed by atoms with Crippen LogP contribution < -0.4 is 10.1 Å². The van der Waals surface area contributed by atoms with Crippen LogP contribution >= 0.6 is 0 Å². The molecule has 0 radical (unpaired) electrons. The summed E-state index contributed by atoms with van der Waals surface area (Å²) in [6.07, 6.45) is 2.85. The summed E-state index contributed by atoms with van der Waals surface area (Å²) in [6.45, 7) is 7.03. The Balaban J connectivity index is 1.50. The van der Waals surface area contributed by atoms with Gasteiger partial charge in [-0.15, -0.1) is 0 Å². The maximum Gasteiger partial charge on any atom is 0.255 e. The van der Waals surface area contributed by atoms with Crippen molar-refractivity contribution in [3.05, 3.63) is 70.5 Å². The highest BCUT2D eigenvalue weighted by Gasteiger charge is 2.31. The topological polar surface area (TPSA) is 93.5 Å². The number of sulfonamides is 1. The van der Waals surface area contributed by atoms with Crippen molar-refractivity contribution in [2.75, 3.05) is 25.5 Å². The largest absolute Gasteiger partial charge is 0.495 e. The van der Waals surface area contributed by atoms with Crippen LogP contribution in [0.25, 0.3) is 0 Å². The third kappa shape index (κ3) is 5.26. The van der Waals surface area contributed by atoms with Gasteiger partial charge in [0.05, 0.1) is 30.7 Å². The van der Waals surface area contributed by atoms with E-state index in [0.29, 0.717) is 52.9 Å². The van der Waals surface area contributed by atoms with Crippen LogP contribution in [0.3, 0.4) is 0 Å². The van der Waals surface area contributed by atoms with Crippen LogP contribution in [0, 0.1) is 20.8 Å². The van der Waals surface area contributed by atoms with Crippen molar-refractivity contribution in [1.29, 1.82) is 0 Å². The molecule has 0 unspecified atom stereocenters. The molecular formula is C26H32N4O4S. The van der Waals surface area contributed by atoms with Crippen molar-refractivity contribution in [3.8, 4) is 5.75 Å². The van der Waals surface area contributed by atoms with E-state index in [1.54, 1.807) is 42.1 Å². The summed E-state index contributed by atoms with van der Waals surface area (Å²) in [5.41, 5.74) is 4.20. The molecule has 1 saturated heterocycles. The maximum atomic E-state index is 13.3. The zero-order valence-corrected chi connectivity index (χ0v) is 21.5. The first-order chi connectivity index (χ1) is 16.7. The van der Waals surface area contributed by atoms with Gasteiger partial charge in [-0.3, -0.25) is 9.48 Å². The normalized spacial score (nSPS) is 14.6. The first-order valence-electron chi connectivity index (χ1n) is 11.8. The van der Waals surface area contributed by atoms with Crippen LogP contribution in [0.15, 0.2) is 47.4 Å². The number of aromatic nitrogens is 2. The van der Waals surface area contributed by atoms with Crippen LogP contribution in [0.4, 0.5) is 5.69 Å². The molecule has 1 N–H and O–H groups in total. The average molecular weight is 497 g/mol.